The van der Waals surface area contributed by atoms with E-state index in [0.717, 1.165) is 17.9 Å². The average molecular weight is 386 g/mol. The fraction of sp³-hybridized carbons (Fsp3) is 0.478. The van der Waals surface area contributed by atoms with E-state index in [2.05, 4.69) is 79.7 Å². The summed E-state index contributed by atoms with van der Waals surface area (Å²) < 4.78 is 12.6. The summed E-state index contributed by atoms with van der Waals surface area (Å²) in [6, 6.07) is 9.10. The first-order valence-electron chi connectivity index (χ1n) is 9.33. The maximum atomic E-state index is 6.30. The van der Waals surface area contributed by atoms with Gasteiger partial charge in [-0.05, 0) is 0 Å². The summed E-state index contributed by atoms with van der Waals surface area (Å²) in [5, 5.41) is 0. The van der Waals surface area contributed by atoms with Gasteiger partial charge in [-0.2, -0.15) is 0 Å². The molecule has 0 bridgehead atoms. The zero-order valence-electron chi connectivity index (χ0n) is 17.3. The van der Waals surface area contributed by atoms with Gasteiger partial charge in [-0.15, -0.1) is 0 Å². The van der Waals surface area contributed by atoms with E-state index in [9.17, 15) is 0 Å². The summed E-state index contributed by atoms with van der Waals surface area (Å²) in [5.41, 5.74) is 7.83. The monoisotopic (exact) mass is 386 g/mol. The molecule has 0 radical (unpaired) electrons. The Morgan fingerprint density at radius 3 is 1.42 bits per heavy atom. The van der Waals surface area contributed by atoms with Crippen molar-refractivity contribution in [1.82, 2.24) is 0 Å². The van der Waals surface area contributed by atoms with Gasteiger partial charge < -0.3 is 0 Å². The van der Waals surface area contributed by atoms with Gasteiger partial charge in [-0.1, -0.05) is 0 Å². The number of benzene rings is 2. The molecule has 0 aliphatic carbocycles. The summed E-state index contributed by atoms with van der Waals surface area (Å²) in [4.78, 5) is 0. The molecular formula is C23H30O2Ti. The molecule has 26 heavy (non-hydrogen) atoms. The zero-order valence-corrected chi connectivity index (χ0v) is 18.9. The number of aryl methyl sites for hydroxylation is 2. The molecule has 0 amide bonds. The molecule has 0 spiro atoms. The van der Waals surface area contributed by atoms with Crippen LogP contribution in [0.1, 0.15) is 74.9 Å². The van der Waals surface area contributed by atoms with Crippen LogP contribution in [0.2, 0.25) is 0 Å². The third-order valence-electron chi connectivity index (χ3n) is 4.90. The third kappa shape index (κ3) is 3.87. The van der Waals surface area contributed by atoms with Gasteiger partial charge >= 0.3 is 168 Å². The second-order valence-electron chi connectivity index (χ2n) is 9.57. The molecule has 2 nitrogen and oxygen atoms in total. The second kappa shape index (κ2) is 6.73. The van der Waals surface area contributed by atoms with E-state index in [1.807, 2.05) is 0 Å². The van der Waals surface area contributed by atoms with E-state index in [4.69, 9.17) is 6.64 Å². The molecule has 3 rings (SSSR count). The average Bonchev–Trinajstić information content (AvgIpc) is 2.46. The molecule has 0 N–H and O–H groups in total. The normalized spacial score (nSPS) is 14.2. The van der Waals surface area contributed by atoms with Crippen LogP contribution in [0.4, 0.5) is 0 Å². The Hall–Kier alpha value is -1.25. The van der Waals surface area contributed by atoms with Crippen LogP contribution in [0.5, 0.6) is 11.5 Å². The van der Waals surface area contributed by atoms with Crippen LogP contribution < -0.4 is 6.64 Å². The van der Waals surface area contributed by atoms with Crippen LogP contribution in [-0.4, -0.2) is 0 Å². The zero-order chi connectivity index (χ0) is 19.3. The second-order valence-corrected chi connectivity index (χ2v) is 10.5. The Bertz CT molecular complexity index is 769. The van der Waals surface area contributed by atoms with Crippen molar-refractivity contribution in [2.45, 2.75) is 72.6 Å². The Balaban J connectivity index is 2.20. The van der Waals surface area contributed by atoms with Crippen LogP contribution in [-0.2, 0) is 37.2 Å². The van der Waals surface area contributed by atoms with E-state index in [1.54, 1.807) is 0 Å². The van der Waals surface area contributed by atoms with Gasteiger partial charge in [0.2, 0.25) is 0 Å². The molecule has 0 saturated heterocycles. The van der Waals surface area contributed by atoms with Gasteiger partial charge in [0.1, 0.15) is 0 Å². The van der Waals surface area contributed by atoms with Gasteiger partial charge in [-0.3, -0.25) is 0 Å². The van der Waals surface area contributed by atoms with Crippen molar-refractivity contribution in [2.24, 2.45) is 0 Å². The predicted molar refractivity (Wildman–Crippen MR) is 104 cm³/mol. The van der Waals surface area contributed by atoms with Crippen molar-refractivity contribution in [2.75, 3.05) is 0 Å². The van der Waals surface area contributed by atoms with Gasteiger partial charge in [0.25, 0.3) is 0 Å². The number of fused-ring (bicyclic) bond motifs is 2. The van der Waals surface area contributed by atoms with Crippen LogP contribution in [0.15, 0.2) is 24.3 Å². The molecular weight excluding hydrogens is 356 g/mol. The third-order valence-corrected chi connectivity index (χ3v) is 5.80. The van der Waals surface area contributed by atoms with Crippen molar-refractivity contribution in [1.29, 1.82) is 0 Å². The quantitative estimate of drug-likeness (QED) is 0.504. The van der Waals surface area contributed by atoms with Crippen LogP contribution in [0.3, 0.4) is 0 Å². The minimum absolute atomic E-state index is 0.0491. The molecule has 138 valence electrons. The first-order valence-corrected chi connectivity index (χ1v) is 10.6. The van der Waals surface area contributed by atoms with Crippen molar-refractivity contribution < 1.29 is 26.6 Å². The summed E-state index contributed by atoms with van der Waals surface area (Å²) in [5.74, 6) is 2.10. The fourth-order valence-corrected chi connectivity index (χ4v) is 4.70. The summed E-state index contributed by atoms with van der Waals surface area (Å²) in [6.45, 7) is 17.9. The molecule has 2 aromatic carbocycles. The molecule has 0 saturated carbocycles. The molecule has 0 aromatic heterocycles. The standard InChI is InChI=1S/C23H32O2.Ti/c1-14-9-16(20(24)18(11-14)22(3,4)5)13-17-10-15(2)12-19(21(17)25)23(6,7)8;/h9-12,24-25H,13H2,1-8H3;/q;+2/p-2. The summed E-state index contributed by atoms with van der Waals surface area (Å²) >= 11 is -1.01. The van der Waals surface area contributed by atoms with Crippen LogP contribution in [0, 0.1) is 13.8 Å². The van der Waals surface area contributed by atoms with Crippen molar-refractivity contribution in [3.05, 3.63) is 57.6 Å². The maximum absolute atomic E-state index is 6.30. The molecule has 2 aromatic rings. The van der Waals surface area contributed by atoms with E-state index in [0.29, 0.717) is 0 Å². The number of hydrogen-bond donors (Lipinski definition) is 0. The Kier molecular flexibility index (Phi) is 5.05. The Morgan fingerprint density at radius 2 is 1.08 bits per heavy atom. The predicted octanol–water partition coefficient (Wildman–Crippen LogP) is 6.17. The molecule has 1 heterocycles. The molecule has 3 heteroatoms. The number of hydrogen-bond acceptors (Lipinski definition) is 2. The van der Waals surface area contributed by atoms with Gasteiger partial charge in [-0.25, -0.2) is 0 Å². The SMILES string of the molecule is Cc1cc2c(c(C(C)(C)C)c1)[O][Ti][O]c1c(cc(C)cc1C(C)(C)C)C2. The van der Waals surface area contributed by atoms with Crippen LogP contribution in [0.25, 0.3) is 0 Å². The summed E-state index contributed by atoms with van der Waals surface area (Å²) in [7, 11) is 0. The van der Waals surface area contributed by atoms with Crippen molar-refractivity contribution in [3.8, 4) is 11.5 Å². The Morgan fingerprint density at radius 1 is 0.692 bits per heavy atom. The first kappa shape index (κ1) is 19.5. The first-order chi connectivity index (χ1) is 12.0. The topological polar surface area (TPSA) is 18.5 Å². The Labute approximate surface area is 168 Å². The summed E-state index contributed by atoms with van der Waals surface area (Å²) in [6.07, 6.45) is 0.854. The molecule has 0 fully saturated rings. The number of rotatable bonds is 0. The fourth-order valence-electron chi connectivity index (χ4n) is 3.62. The van der Waals surface area contributed by atoms with Gasteiger partial charge in [0.05, 0.1) is 0 Å². The minimum atomic E-state index is -1.01. The van der Waals surface area contributed by atoms with E-state index < -0.39 is 19.9 Å². The van der Waals surface area contributed by atoms with Crippen molar-refractivity contribution in [3.63, 3.8) is 0 Å². The van der Waals surface area contributed by atoms with Gasteiger partial charge in [0.15, 0.2) is 0 Å². The van der Waals surface area contributed by atoms with E-state index >= 15 is 0 Å². The van der Waals surface area contributed by atoms with Crippen molar-refractivity contribution >= 4 is 0 Å². The van der Waals surface area contributed by atoms with E-state index in [1.165, 1.54) is 33.4 Å². The van der Waals surface area contributed by atoms with Gasteiger partial charge in [0, 0.05) is 0 Å². The van der Waals surface area contributed by atoms with Crippen LogP contribution >= 0.6 is 0 Å². The van der Waals surface area contributed by atoms with E-state index in [-0.39, 0.29) is 10.8 Å². The molecule has 0 atom stereocenters. The molecule has 1 aliphatic rings. The molecule has 1 aliphatic heterocycles. The molecule has 0 unspecified atom stereocenters.